The summed E-state index contributed by atoms with van der Waals surface area (Å²) in [5.41, 5.74) is 3.82. The molecule has 1 N–H and O–H groups in total. The topological polar surface area (TPSA) is 30.5 Å². The third-order valence-electron chi connectivity index (χ3n) is 3.65. The summed E-state index contributed by atoms with van der Waals surface area (Å²) >= 11 is 0. The van der Waals surface area contributed by atoms with Crippen molar-refractivity contribution in [2.24, 2.45) is 0 Å². The van der Waals surface area contributed by atoms with Gasteiger partial charge < -0.3 is 14.8 Å². The van der Waals surface area contributed by atoms with Crippen molar-refractivity contribution in [1.29, 1.82) is 0 Å². The second-order valence-corrected chi connectivity index (χ2v) is 5.04. The minimum Gasteiger partial charge on any atom is -0.344 e. The summed E-state index contributed by atoms with van der Waals surface area (Å²) in [6.07, 6.45) is 2.11. The van der Waals surface area contributed by atoms with Gasteiger partial charge in [-0.05, 0) is 31.0 Å². The van der Waals surface area contributed by atoms with Crippen LogP contribution in [0.1, 0.15) is 29.5 Å². The van der Waals surface area contributed by atoms with Gasteiger partial charge in [0.05, 0.1) is 13.2 Å². The lowest BCUT2D eigenvalue weighted by Crippen LogP contribution is -2.48. The summed E-state index contributed by atoms with van der Waals surface area (Å²) in [4.78, 5) is 0. The van der Waals surface area contributed by atoms with Gasteiger partial charge in [-0.1, -0.05) is 23.8 Å². The minimum atomic E-state index is -0.398. The maximum Gasteiger partial charge on any atom is 0.181 e. The molecule has 2 aliphatic rings. The van der Waals surface area contributed by atoms with Gasteiger partial charge >= 0.3 is 0 Å². The summed E-state index contributed by atoms with van der Waals surface area (Å²) in [6.45, 7) is 5.32. The van der Waals surface area contributed by atoms with Crippen LogP contribution in [0.15, 0.2) is 18.2 Å². The molecule has 0 radical (unpaired) electrons. The van der Waals surface area contributed by atoms with E-state index in [0.29, 0.717) is 13.2 Å². The SMILES string of the molecule is Cc1ccc2c(c1)COC1(CCCNC1)OC2. The molecule has 0 aromatic heterocycles. The second kappa shape index (κ2) is 4.41. The quantitative estimate of drug-likeness (QED) is 0.744. The molecule has 92 valence electrons. The highest BCUT2D eigenvalue weighted by molar-refractivity contribution is 5.31. The first-order valence-corrected chi connectivity index (χ1v) is 6.34. The van der Waals surface area contributed by atoms with Gasteiger partial charge in [-0.25, -0.2) is 0 Å². The fourth-order valence-corrected chi connectivity index (χ4v) is 2.59. The molecule has 17 heavy (non-hydrogen) atoms. The van der Waals surface area contributed by atoms with Crippen LogP contribution in [0.3, 0.4) is 0 Å². The summed E-state index contributed by atoms with van der Waals surface area (Å²) in [6, 6.07) is 6.50. The number of aryl methyl sites for hydroxylation is 1. The molecule has 0 amide bonds. The van der Waals surface area contributed by atoms with E-state index in [2.05, 4.69) is 30.4 Å². The molecule has 0 bridgehead atoms. The molecule has 1 fully saturated rings. The number of piperidine rings is 1. The van der Waals surface area contributed by atoms with Crippen molar-refractivity contribution in [1.82, 2.24) is 5.32 Å². The van der Waals surface area contributed by atoms with E-state index in [0.717, 1.165) is 25.9 Å². The highest BCUT2D eigenvalue weighted by atomic mass is 16.7. The number of fused-ring (bicyclic) bond motifs is 1. The molecule has 2 aliphatic heterocycles. The van der Waals surface area contributed by atoms with Crippen LogP contribution >= 0.6 is 0 Å². The smallest absolute Gasteiger partial charge is 0.181 e. The predicted molar refractivity (Wildman–Crippen MR) is 65.6 cm³/mol. The van der Waals surface area contributed by atoms with E-state index in [-0.39, 0.29) is 0 Å². The molecule has 1 unspecified atom stereocenters. The lowest BCUT2D eigenvalue weighted by atomic mass is 10.1. The van der Waals surface area contributed by atoms with Gasteiger partial charge in [0.25, 0.3) is 0 Å². The largest absolute Gasteiger partial charge is 0.344 e. The Kier molecular flexibility index (Phi) is 2.90. The molecule has 2 heterocycles. The van der Waals surface area contributed by atoms with E-state index in [1.165, 1.54) is 16.7 Å². The van der Waals surface area contributed by atoms with E-state index < -0.39 is 5.79 Å². The van der Waals surface area contributed by atoms with Crippen LogP contribution in [0.25, 0.3) is 0 Å². The van der Waals surface area contributed by atoms with Crippen LogP contribution in [0.5, 0.6) is 0 Å². The van der Waals surface area contributed by atoms with E-state index in [1.54, 1.807) is 0 Å². The zero-order chi connectivity index (χ0) is 11.7. The zero-order valence-corrected chi connectivity index (χ0v) is 10.3. The summed E-state index contributed by atoms with van der Waals surface area (Å²) < 4.78 is 12.0. The first-order valence-electron chi connectivity index (χ1n) is 6.34. The lowest BCUT2D eigenvalue weighted by molar-refractivity contribution is -0.250. The first kappa shape index (κ1) is 11.2. The average Bonchev–Trinajstić information content (AvgIpc) is 2.52. The Morgan fingerprint density at radius 2 is 2.00 bits per heavy atom. The van der Waals surface area contributed by atoms with E-state index in [1.807, 2.05) is 0 Å². The van der Waals surface area contributed by atoms with E-state index in [4.69, 9.17) is 9.47 Å². The first-order chi connectivity index (χ1) is 8.27. The Balaban J connectivity index is 1.82. The summed E-state index contributed by atoms with van der Waals surface area (Å²) in [7, 11) is 0. The Bertz CT molecular complexity index is 411. The zero-order valence-electron chi connectivity index (χ0n) is 10.3. The number of nitrogens with one attached hydrogen (secondary N) is 1. The monoisotopic (exact) mass is 233 g/mol. The maximum absolute atomic E-state index is 6.03. The normalized spacial score (nSPS) is 28.8. The Morgan fingerprint density at radius 3 is 2.76 bits per heavy atom. The third kappa shape index (κ3) is 2.23. The molecule has 1 spiro atoms. The highest BCUT2D eigenvalue weighted by Crippen LogP contribution is 2.30. The fourth-order valence-electron chi connectivity index (χ4n) is 2.59. The van der Waals surface area contributed by atoms with Gasteiger partial charge in [0.15, 0.2) is 5.79 Å². The number of rotatable bonds is 0. The summed E-state index contributed by atoms with van der Waals surface area (Å²) in [5.74, 6) is -0.398. The van der Waals surface area contributed by atoms with Gasteiger partial charge in [-0.2, -0.15) is 0 Å². The minimum absolute atomic E-state index is 0.398. The predicted octanol–water partition coefficient (Wildman–Crippen LogP) is 2.12. The Hall–Kier alpha value is -0.900. The van der Waals surface area contributed by atoms with Crippen LogP contribution in [0.2, 0.25) is 0 Å². The Morgan fingerprint density at radius 1 is 1.18 bits per heavy atom. The van der Waals surface area contributed by atoms with Crippen molar-refractivity contribution < 1.29 is 9.47 Å². The van der Waals surface area contributed by atoms with Crippen LogP contribution in [-0.2, 0) is 22.7 Å². The van der Waals surface area contributed by atoms with Crippen molar-refractivity contribution in [3.05, 3.63) is 34.9 Å². The van der Waals surface area contributed by atoms with Gasteiger partial charge in [0.1, 0.15) is 0 Å². The van der Waals surface area contributed by atoms with E-state index >= 15 is 0 Å². The van der Waals surface area contributed by atoms with Crippen LogP contribution in [-0.4, -0.2) is 18.9 Å². The molecule has 1 aromatic rings. The Labute approximate surface area is 102 Å². The van der Waals surface area contributed by atoms with Crippen molar-refractivity contribution in [3.8, 4) is 0 Å². The molecule has 3 heteroatoms. The van der Waals surface area contributed by atoms with Gasteiger partial charge in [-0.15, -0.1) is 0 Å². The molecule has 0 aliphatic carbocycles. The van der Waals surface area contributed by atoms with Gasteiger partial charge in [0.2, 0.25) is 0 Å². The molecular weight excluding hydrogens is 214 g/mol. The second-order valence-electron chi connectivity index (χ2n) is 5.04. The van der Waals surface area contributed by atoms with Crippen LogP contribution < -0.4 is 5.32 Å². The molecule has 1 aromatic carbocycles. The number of ether oxygens (including phenoxy) is 2. The molecule has 3 nitrogen and oxygen atoms in total. The molecule has 0 saturated carbocycles. The lowest BCUT2D eigenvalue weighted by Gasteiger charge is -2.35. The number of benzene rings is 1. The molecule has 1 atom stereocenters. The molecule has 1 saturated heterocycles. The standard InChI is InChI=1S/C14H19NO2/c1-11-3-4-12-8-16-14(5-2-6-15-10-14)17-9-13(12)7-11/h3-4,7,15H,2,5-6,8-10H2,1H3. The van der Waals surface area contributed by atoms with E-state index in [9.17, 15) is 0 Å². The number of hydrogen-bond acceptors (Lipinski definition) is 3. The van der Waals surface area contributed by atoms with Gasteiger partial charge in [0, 0.05) is 13.0 Å². The van der Waals surface area contributed by atoms with Crippen molar-refractivity contribution >= 4 is 0 Å². The molecular formula is C14H19NO2. The highest BCUT2D eigenvalue weighted by Gasteiger charge is 2.36. The van der Waals surface area contributed by atoms with Gasteiger partial charge in [-0.3, -0.25) is 0 Å². The third-order valence-corrected chi connectivity index (χ3v) is 3.65. The van der Waals surface area contributed by atoms with Crippen molar-refractivity contribution in [3.63, 3.8) is 0 Å². The van der Waals surface area contributed by atoms with Crippen molar-refractivity contribution in [2.75, 3.05) is 13.1 Å². The van der Waals surface area contributed by atoms with Crippen LogP contribution in [0.4, 0.5) is 0 Å². The van der Waals surface area contributed by atoms with Crippen LogP contribution in [0, 0.1) is 6.92 Å². The fraction of sp³-hybridized carbons (Fsp3) is 0.571. The maximum atomic E-state index is 6.03. The number of hydrogen-bond donors (Lipinski definition) is 1. The average molecular weight is 233 g/mol. The summed E-state index contributed by atoms with van der Waals surface area (Å²) in [5, 5.41) is 3.36. The molecule has 3 rings (SSSR count). The van der Waals surface area contributed by atoms with Crippen molar-refractivity contribution in [2.45, 2.75) is 38.8 Å².